The number of hydrogen-bond acceptors (Lipinski definition) is 5. The average molecular weight is 251 g/mol. The smallest absolute Gasteiger partial charge is 0.222 e. The Balaban J connectivity index is 2.19. The predicted octanol–water partition coefficient (Wildman–Crippen LogP) is 0.586. The lowest BCUT2D eigenvalue weighted by Gasteiger charge is -2.17. The number of rotatable bonds is 4. The molecule has 1 aromatic rings. The van der Waals surface area contributed by atoms with Gasteiger partial charge in [0.1, 0.15) is 0 Å². The van der Waals surface area contributed by atoms with Crippen LogP contribution in [-0.2, 0) is 4.79 Å². The molecule has 1 heterocycles. The zero-order valence-corrected chi connectivity index (χ0v) is 10.4. The molecule has 1 aliphatic heterocycles. The van der Waals surface area contributed by atoms with Crippen LogP contribution in [0.4, 0.5) is 11.4 Å². The number of carbonyl (C=O) groups is 1. The van der Waals surface area contributed by atoms with Crippen LogP contribution >= 0.6 is 0 Å². The van der Waals surface area contributed by atoms with Crippen LogP contribution in [0.25, 0.3) is 0 Å². The highest BCUT2D eigenvalue weighted by Gasteiger charge is 2.22. The Hall–Kier alpha value is -2.11. The lowest BCUT2D eigenvalue weighted by Crippen LogP contribution is -2.22. The third-order valence-corrected chi connectivity index (χ3v) is 2.89. The maximum Gasteiger partial charge on any atom is 0.222 e. The van der Waals surface area contributed by atoms with E-state index in [1.54, 1.807) is 26.4 Å². The summed E-state index contributed by atoms with van der Waals surface area (Å²) in [6.07, 6.45) is 0.452. The Bertz CT molecular complexity index is 462. The number of carbonyl (C=O) groups excluding carboxylic acids is 1. The van der Waals surface area contributed by atoms with Crippen LogP contribution < -0.4 is 25.8 Å². The highest BCUT2D eigenvalue weighted by atomic mass is 16.5. The minimum atomic E-state index is 0.0477. The number of nitrogens with one attached hydrogen (secondary N) is 2. The van der Waals surface area contributed by atoms with Crippen molar-refractivity contribution in [3.05, 3.63) is 12.1 Å². The number of amides is 1. The standard InChI is InChI=1S/C12H17N3O3/c1-17-10-4-8(13)9(5-11(10)18-2)15-7-3-12(16)14-6-7/h4-5,7,15H,3,6,13H2,1-2H3,(H,14,16). The molecule has 0 spiro atoms. The van der Waals surface area contributed by atoms with Gasteiger partial charge in [0.2, 0.25) is 5.91 Å². The van der Waals surface area contributed by atoms with Gasteiger partial charge in [-0.1, -0.05) is 0 Å². The van der Waals surface area contributed by atoms with Crippen molar-refractivity contribution in [2.45, 2.75) is 12.5 Å². The molecule has 0 saturated carbocycles. The quantitative estimate of drug-likeness (QED) is 0.682. The van der Waals surface area contributed by atoms with Gasteiger partial charge >= 0.3 is 0 Å². The monoisotopic (exact) mass is 251 g/mol. The topological polar surface area (TPSA) is 85.6 Å². The van der Waals surface area contributed by atoms with E-state index in [4.69, 9.17) is 15.2 Å². The van der Waals surface area contributed by atoms with Gasteiger partial charge in [-0.2, -0.15) is 0 Å². The second-order valence-electron chi connectivity index (χ2n) is 4.14. The van der Waals surface area contributed by atoms with Gasteiger partial charge in [-0.25, -0.2) is 0 Å². The molecule has 6 heteroatoms. The summed E-state index contributed by atoms with van der Waals surface area (Å²) in [6, 6.07) is 3.53. The molecule has 1 saturated heterocycles. The largest absolute Gasteiger partial charge is 0.493 e. The number of hydrogen-bond donors (Lipinski definition) is 3. The van der Waals surface area contributed by atoms with E-state index >= 15 is 0 Å². The summed E-state index contributed by atoms with van der Waals surface area (Å²) in [6.45, 7) is 0.604. The Morgan fingerprint density at radius 1 is 1.33 bits per heavy atom. The number of ether oxygens (including phenoxy) is 2. The molecule has 0 aromatic heterocycles. The van der Waals surface area contributed by atoms with Crippen LogP contribution in [0.15, 0.2) is 12.1 Å². The minimum Gasteiger partial charge on any atom is -0.493 e. The normalized spacial score (nSPS) is 18.3. The second-order valence-corrected chi connectivity index (χ2v) is 4.14. The van der Waals surface area contributed by atoms with Gasteiger partial charge in [-0.15, -0.1) is 0 Å². The van der Waals surface area contributed by atoms with E-state index in [0.717, 1.165) is 5.69 Å². The second kappa shape index (κ2) is 5.03. The van der Waals surface area contributed by atoms with Crippen LogP contribution in [0.2, 0.25) is 0 Å². The SMILES string of the molecule is COc1cc(N)c(NC2CNC(=O)C2)cc1OC. The molecule has 1 unspecified atom stereocenters. The summed E-state index contributed by atoms with van der Waals surface area (Å²) in [5.74, 6) is 1.24. The summed E-state index contributed by atoms with van der Waals surface area (Å²) in [5.41, 5.74) is 7.24. The van der Waals surface area contributed by atoms with Crippen LogP contribution in [0.3, 0.4) is 0 Å². The first kappa shape index (κ1) is 12.3. The summed E-state index contributed by atoms with van der Waals surface area (Å²) >= 11 is 0. The summed E-state index contributed by atoms with van der Waals surface area (Å²) < 4.78 is 10.4. The number of nitrogens with two attached hydrogens (primary N) is 1. The third-order valence-electron chi connectivity index (χ3n) is 2.89. The van der Waals surface area contributed by atoms with Gasteiger partial charge < -0.3 is 25.8 Å². The van der Waals surface area contributed by atoms with Crippen molar-refractivity contribution in [3.8, 4) is 11.5 Å². The van der Waals surface area contributed by atoms with E-state index in [-0.39, 0.29) is 11.9 Å². The van der Waals surface area contributed by atoms with Gasteiger partial charge in [0, 0.05) is 25.1 Å². The van der Waals surface area contributed by atoms with Crippen LogP contribution in [0.5, 0.6) is 11.5 Å². The Morgan fingerprint density at radius 3 is 2.56 bits per heavy atom. The average Bonchev–Trinajstić information content (AvgIpc) is 2.77. The molecule has 4 N–H and O–H groups in total. The van der Waals surface area contributed by atoms with Gasteiger partial charge in [-0.05, 0) is 0 Å². The molecule has 18 heavy (non-hydrogen) atoms. The molecule has 1 amide bonds. The van der Waals surface area contributed by atoms with Crippen LogP contribution in [0, 0.1) is 0 Å². The van der Waals surface area contributed by atoms with Crippen molar-refractivity contribution in [3.63, 3.8) is 0 Å². The van der Waals surface area contributed by atoms with Crippen LogP contribution in [0.1, 0.15) is 6.42 Å². The van der Waals surface area contributed by atoms with E-state index in [1.807, 2.05) is 0 Å². The highest BCUT2D eigenvalue weighted by Crippen LogP contribution is 2.35. The number of nitrogen functional groups attached to an aromatic ring is 1. The summed E-state index contributed by atoms with van der Waals surface area (Å²) in [7, 11) is 3.13. The molecule has 1 aromatic carbocycles. The van der Waals surface area contributed by atoms with Crippen molar-refractivity contribution < 1.29 is 14.3 Å². The van der Waals surface area contributed by atoms with Crippen molar-refractivity contribution in [1.82, 2.24) is 5.32 Å². The number of methoxy groups -OCH3 is 2. The number of anilines is 2. The summed E-state index contributed by atoms with van der Waals surface area (Å²) in [4.78, 5) is 11.1. The van der Waals surface area contributed by atoms with Gasteiger partial charge in [0.05, 0.1) is 31.6 Å². The predicted molar refractivity (Wildman–Crippen MR) is 69.0 cm³/mol. The van der Waals surface area contributed by atoms with E-state index < -0.39 is 0 Å². The van der Waals surface area contributed by atoms with Gasteiger partial charge in [-0.3, -0.25) is 4.79 Å². The Morgan fingerprint density at radius 2 is 2.00 bits per heavy atom. The van der Waals surface area contributed by atoms with Crippen LogP contribution in [-0.4, -0.2) is 32.7 Å². The van der Waals surface area contributed by atoms with Crippen molar-refractivity contribution in [2.24, 2.45) is 0 Å². The Labute approximate surface area is 105 Å². The zero-order chi connectivity index (χ0) is 13.1. The molecule has 0 bridgehead atoms. The molecular weight excluding hydrogens is 234 g/mol. The zero-order valence-electron chi connectivity index (χ0n) is 10.4. The molecule has 1 atom stereocenters. The molecule has 2 rings (SSSR count). The molecule has 98 valence electrons. The molecule has 1 aliphatic rings. The van der Waals surface area contributed by atoms with Gasteiger partial charge in [0.15, 0.2) is 11.5 Å². The molecule has 0 aliphatic carbocycles. The fourth-order valence-electron chi connectivity index (χ4n) is 1.95. The third kappa shape index (κ3) is 2.42. The molecule has 0 radical (unpaired) electrons. The molecule has 1 fully saturated rings. The maximum atomic E-state index is 11.1. The van der Waals surface area contributed by atoms with Gasteiger partial charge in [0.25, 0.3) is 0 Å². The van der Waals surface area contributed by atoms with Crippen molar-refractivity contribution >= 4 is 17.3 Å². The van der Waals surface area contributed by atoms with E-state index in [2.05, 4.69) is 10.6 Å². The van der Waals surface area contributed by atoms with Crippen molar-refractivity contribution in [1.29, 1.82) is 0 Å². The highest BCUT2D eigenvalue weighted by molar-refractivity contribution is 5.80. The van der Waals surface area contributed by atoms with Crippen molar-refractivity contribution in [2.75, 3.05) is 31.8 Å². The fourth-order valence-corrected chi connectivity index (χ4v) is 1.95. The lowest BCUT2D eigenvalue weighted by molar-refractivity contribution is -0.119. The van der Waals surface area contributed by atoms with E-state index in [1.165, 1.54) is 0 Å². The minimum absolute atomic E-state index is 0.0477. The lowest BCUT2D eigenvalue weighted by atomic mass is 10.2. The first-order valence-electron chi connectivity index (χ1n) is 5.68. The maximum absolute atomic E-state index is 11.1. The first-order chi connectivity index (χ1) is 8.63. The van der Waals surface area contributed by atoms with E-state index in [9.17, 15) is 4.79 Å². The number of benzene rings is 1. The molecular formula is C12H17N3O3. The first-order valence-corrected chi connectivity index (χ1v) is 5.68. The van der Waals surface area contributed by atoms with E-state index in [0.29, 0.717) is 30.2 Å². The molecule has 6 nitrogen and oxygen atoms in total. The Kier molecular flexibility index (Phi) is 3.45. The summed E-state index contributed by atoms with van der Waals surface area (Å²) in [5, 5.41) is 5.98. The fraction of sp³-hybridized carbons (Fsp3) is 0.417.